The van der Waals surface area contributed by atoms with Crippen molar-refractivity contribution in [2.24, 2.45) is 0 Å². The average molecular weight is 328 g/mol. The van der Waals surface area contributed by atoms with Crippen molar-refractivity contribution in [3.05, 3.63) is 69.5 Å². The van der Waals surface area contributed by atoms with Gasteiger partial charge in [0.05, 0.1) is 10.6 Å². The molecule has 6 nitrogen and oxygen atoms in total. The first-order chi connectivity index (χ1) is 11.4. The Morgan fingerprint density at radius 3 is 2.75 bits per heavy atom. The molecule has 24 heavy (non-hydrogen) atoms. The summed E-state index contributed by atoms with van der Waals surface area (Å²) in [6, 6.07) is 8.63. The maximum Gasteiger partial charge on any atom is 0.270 e. The van der Waals surface area contributed by atoms with Crippen LogP contribution in [0, 0.1) is 15.9 Å². The second-order valence-corrected chi connectivity index (χ2v) is 5.62. The molecule has 0 saturated carbocycles. The fraction of sp³-hybridized carbons (Fsp3) is 0.176. The molecule has 0 saturated heterocycles. The van der Waals surface area contributed by atoms with Gasteiger partial charge < -0.3 is 4.90 Å². The summed E-state index contributed by atoms with van der Waals surface area (Å²) in [5, 5.41) is 10.9. The van der Waals surface area contributed by atoms with E-state index in [-0.39, 0.29) is 29.0 Å². The van der Waals surface area contributed by atoms with Gasteiger partial charge in [0.15, 0.2) is 5.78 Å². The maximum atomic E-state index is 13.4. The van der Waals surface area contributed by atoms with E-state index in [1.165, 1.54) is 41.3 Å². The number of carbonyl (C=O) groups is 2. The van der Waals surface area contributed by atoms with Gasteiger partial charge in [-0.1, -0.05) is 6.07 Å². The molecule has 2 aromatic rings. The standard InChI is InChI=1S/C17H13FN2O4/c1-10-7-16(21)14-9-12(18)5-6-15(14)19(10)17(22)11-3-2-4-13(8-11)20(23)24/h2-6,8-10H,7H2,1H3. The largest absolute Gasteiger partial charge is 0.304 e. The number of benzene rings is 2. The van der Waals surface area contributed by atoms with Gasteiger partial charge in [-0.05, 0) is 31.2 Å². The summed E-state index contributed by atoms with van der Waals surface area (Å²) in [5.41, 5.74) is 0.408. The topological polar surface area (TPSA) is 80.5 Å². The Kier molecular flexibility index (Phi) is 3.84. The third-order valence-corrected chi connectivity index (χ3v) is 3.96. The first-order valence-corrected chi connectivity index (χ1v) is 7.29. The molecule has 3 rings (SSSR count). The van der Waals surface area contributed by atoms with Crippen LogP contribution >= 0.6 is 0 Å². The van der Waals surface area contributed by atoms with E-state index in [0.29, 0.717) is 5.69 Å². The van der Waals surface area contributed by atoms with Gasteiger partial charge >= 0.3 is 0 Å². The smallest absolute Gasteiger partial charge is 0.270 e. The van der Waals surface area contributed by atoms with Crippen LogP contribution in [0.4, 0.5) is 15.8 Å². The van der Waals surface area contributed by atoms with E-state index < -0.39 is 22.7 Å². The minimum absolute atomic E-state index is 0.0666. The third kappa shape index (κ3) is 2.64. The highest BCUT2D eigenvalue weighted by Crippen LogP contribution is 2.32. The van der Waals surface area contributed by atoms with Crippen LogP contribution in [0.15, 0.2) is 42.5 Å². The monoisotopic (exact) mass is 328 g/mol. The summed E-state index contributed by atoms with van der Waals surface area (Å²) in [7, 11) is 0. The number of amides is 1. The van der Waals surface area contributed by atoms with Crippen LogP contribution in [0.2, 0.25) is 0 Å². The van der Waals surface area contributed by atoms with Gasteiger partial charge in [0.25, 0.3) is 11.6 Å². The first-order valence-electron chi connectivity index (χ1n) is 7.29. The first kappa shape index (κ1) is 15.8. The van der Waals surface area contributed by atoms with Crippen LogP contribution in [-0.2, 0) is 0 Å². The molecule has 0 radical (unpaired) electrons. The van der Waals surface area contributed by atoms with Gasteiger partial charge in [-0.2, -0.15) is 0 Å². The van der Waals surface area contributed by atoms with E-state index in [0.717, 1.165) is 6.07 Å². The number of nitrogens with zero attached hydrogens (tertiary/aromatic N) is 2. The number of rotatable bonds is 2. The molecule has 0 fully saturated rings. The molecule has 1 atom stereocenters. The highest BCUT2D eigenvalue weighted by atomic mass is 19.1. The Hall–Kier alpha value is -3.09. The minimum atomic E-state index is -0.580. The Balaban J connectivity index is 2.07. The normalized spacial score (nSPS) is 16.7. The Morgan fingerprint density at radius 2 is 2.04 bits per heavy atom. The van der Waals surface area contributed by atoms with Gasteiger partial charge in [-0.3, -0.25) is 19.7 Å². The van der Waals surface area contributed by atoms with Gasteiger partial charge in [0.1, 0.15) is 5.82 Å². The Bertz CT molecular complexity index is 865. The van der Waals surface area contributed by atoms with Crippen molar-refractivity contribution in [3.63, 3.8) is 0 Å². The van der Waals surface area contributed by atoms with Crippen LogP contribution in [-0.4, -0.2) is 22.7 Å². The second-order valence-electron chi connectivity index (χ2n) is 5.62. The molecule has 0 aromatic heterocycles. The fourth-order valence-electron chi connectivity index (χ4n) is 2.85. The lowest BCUT2D eigenvalue weighted by Gasteiger charge is -2.34. The molecule has 1 aliphatic heterocycles. The number of nitro benzene ring substituents is 1. The zero-order valence-electron chi connectivity index (χ0n) is 12.7. The summed E-state index contributed by atoms with van der Waals surface area (Å²) in [6.07, 6.45) is 0.0666. The predicted molar refractivity (Wildman–Crippen MR) is 84.7 cm³/mol. The quantitative estimate of drug-likeness (QED) is 0.625. The number of carbonyl (C=O) groups excluding carboxylic acids is 2. The number of anilines is 1. The summed E-state index contributed by atoms with van der Waals surface area (Å²) >= 11 is 0. The number of halogens is 1. The van der Waals surface area contributed by atoms with E-state index >= 15 is 0 Å². The van der Waals surface area contributed by atoms with Crippen molar-refractivity contribution in [2.75, 3.05) is 4.90 Å². The summed E-state index contributed by atoms with van der Waals surface area (Å²) in [5.74, 6) is -1.26. The molecule has 122 valence electrons. The van der Waals surface area contributed by atoms with Gasteiger partial charge in [-0.25, -0.2) is 4.39 Å². The molecular weight excluding hydrogens is 315 g/mol. The van der Waals surface area contributed by atoms with Crippen molar-refractivity contribution in [3.8, 4) is 0 Å². The highest BCUT2D eigenvalue weighted by molar-refractivity contribution is 6.14. The number of nitro groups is 1. The van der Waals surface area contributed by atoms with Crippen molar-refractivity contribution in [1.29, 1.82) is 0 Å². The molecule has 0 bridgehead atoms. The molecule has 1 aliphatic rings. The lowest BCUT2D eigenvalue weighted by molar-refractivity contribution is -0.384. The number of hydrogen-bond donors (Lipinski definition) is 0. The molecule has 7 heteroatoms. The number of ketones is 1. The van der Waals surface area contributed by atoms with E-state index in [4.69, 9.17) is 0 Å². The van der Waals surface area contributed by atoms with Crippen molar-refractivity contribution in [2.45, 2.75) is 19.4 Å². The summed E-state index contributed by atoms with van der Waals surface area (Å²) in [6.45, 7) is 1.71. The number of hydrogen-bond acceptors (Lipinski definition) is 4. The fourth-order valence-corrected chi connectivity index (χ4v) is 2.85. The number of fused-ring (bicyclic) bond motifs is 1. The average Bonchev–Trinajstić information content (AvgIpc) is 2.55. The van der Waals surface area contributed by atoms with Crippen LogP contribution < -0.4 is 4.90 Å². The minimum Gasteiger partial charge on any atom is -0.304 e. The Morgan fingerprint density at radius 1 is 1.29 bits per heavy atom. The van der Waals surface area contributed by atoms with E-state index in [2.05, 4.69) is 0 Å². The third-order valence-electron chi connectivity index (χ3n) is 3.96. The van der Waals surface area contributed by atoms with Crippen LogP contribution in [0.5, 0.6) is 0 Å². The van der Waals surface area contributed by atoms with Crippen LogP contribution in [0.1, 0.15) is 34.1 Å². The van der Waals surface area contributed by atoms with E-state index in [1.807, 2.05) is 0 Å². The highest BCUT2D eigenvalue weighted by Gasteiger charge is 2.33. The molecule has 0 N–H and O–H groups in total. The number of Topliss-reactive ketones (excluding diaryl/α,β-unsaturated/α-hetero) is 1. The molecular formula is C17H13FN2O4. The van der Waals surface area contributed by atoms with Crippen LogP contribution in [0.25, 0.3) is 0 Å². The number of non-ortho nitro benzene ring substituents is 1. The van der Waals surface area contributed by atoms with Crippen LogP contribution in [0.3, 0.4) is 0 Å². The molecule has 1 amide bonds. The second kappa shape index (κ2) is 5.84. The van der Waals surface area contributed by atoms with Crippen molar-refractivity contribution < 1.29 is 18.9 Å². The Labute approximate surface area is 136 Å². The summed E-state index contributed by atoms with van der Waals surface area (Å²) < 4.78 is 13.4. The lowest BCUT2D eigenvalue weighted by atomic mass is 9.94. The van der Waals surface area contributed by atoms with E-state index in [1.54, 1.807) is 6.92 Å². The molecule has 2 aromatic carbocycles. The maximum absolute atomic E-state index is 13.4. The van der Waals surface area contributed by atoms with Crippen molar-refractivity contribution in [1.82, 2.24) is 0 Å². The van der Waals surface area contributed by atoms with Gasteiger partial charge in [0.2, 0.25) is 0 Å². The van der Waals surface area contributed by atoms with Gasteiger partial charge in [0, 0.05) is 35.7 Å². The summed E-state index contributed by atoms with van der Waals surface area (Å²) in [4.78, 5) is 36.6. The molecule has 1 unspecified atom stereocenters. The molecule has 0 spiro atoms. The van der Waals surface area contributed by atoms with Crippen molar-refractivity contribution >= 4 is 23.1 Å². The van der Waals surface area contributed by atoms with Gasteiger partial charge in [-0.15, -0.1) is 0 Å². The zero-order valence-corrected chi connectivity index (χ0v) is 12.7. The zero-order chi connectivity index (χ0) is 17.4. The SMILES string of the molecule is CC1CC(=O)c2cc(F)ccc2N1C(=O)c1cccc([N+](=O)[O-])c1. The molecule has 0 aliphatic carbocycles. The molecule has 1 heterocycles. The van der Waals surface area contributed by atoms with E-state index in [9.17, 15) is 24.1 Å². The lowest BCUT2D eigenvalue weighted by Crippen LogP contribution is -2.44. The predicted octanol–water partition coefficient (Wildman–Crippen LogP) is 3.36.